The van der Waals surface area contributed by atoms with Crippen LogP contribution in [-0.2, 0) is 14.8 Å². The molecular weight excluding hydrogens is 380 g/mol. The molecule has 0 heterocycles. The van der Waals surface area contributed by atoms with E-state index < -0.39 is 10.0 Å². The van der Waals surface area contributed by atoms with Crippen LogP contribution in [0.25, 0.3) is 0 Å². The van der Waals surface area contributed by atoms with Gasteiger partial charge in [0, 0.05) is 4.47 Å². The van der Waals surface area contributed by atoms with Crippen molar-refractivity contribution in [2.75, 3.05) is 6.54 Å². The van der Waals surface area contributed by atoms with Crippen LogP contribution in [0.15, 0.2) is 64.0 Å². The van der Waals surface area contributed by atoms with Gasteiger partial charge in [-0.1, -0.05) is 46.3 Å². The van der Waals surface area contributed by atoms with E-state index in [9.17, 15) is 13.2 Å². The minimum Gasteiger partial charge on any atom is -0.348 e. The van der Waals surface area contributed by atoms with E-state index in [0.717, 1.165) is 10.0 Å². The maximum absolute atomic E-state index is 12.1. The van der Waals surface area contributed by atoms with Gasteiger partial charge < -0.3 is 5.32 Å². The molecule has 5 nitrogen and oxygen atoms in total. The second-order valence-electron chi connectivity index (χ2n) is 4.98. The Morgan fingerprint density at radius 2 is 1.70 bits per heavy atom. The zero-order valence-electron chi connectivity index (χ0n) is 12.5. The van der Waals surface area contributed by atoms with Crippen LogP contribution in [0, 0.1) is 0 Å². The molecule has 122 valence electrons. The molecular formula is C16H17BrN2O3S. The third-order valence-electron chi connectivity index (χ3n) is 3.22. The van der Waals surface area contributed by atoms with Crippen LogP contribution in [0.4, 0.5) is 0 Å². The van der Waals surface area contributed by atoms with Crippen LogP contribution in [0.3, 0.4) is 0 Å². The molecule has 1 atom stereocenters. The summed E-state index contributed by atoms with van der Waals surface area (Å²) < 4.78 is 27.3. The van der Waals surface area contributed by atoms with E-state index in [4.69, 9.17) is 0 Å². The summed E-state index contributed by atoms with van der Waals surface area (Å²) in [6.45, 7) is 1.53. The van der Waals surface area contributed by atoms with E-state index in [1.807, 2.05) is 37.3 Å². The molecule has 0 bridgehead atoms. The van der Waals surface area contributed by atoms with Gasteiger partial charge in [0.15, 0.2) is 0 Å². The van der Waals surface area contributed by atoms with Crippen molar-refractivity contribution in [2.45, 2.75) is 17.9 Å². The Kier molecular flexibility index (Phi) is 5.92. The van der Waals surface area contributed by atoms with Gasteiger partial charge in [-0.15, -0.1) is 0 Å². The fraction of sp³-hybridized carbons (Fsp3) is 0.188. The number of amides is 1. The standard InChI is InChI=1S/C16H17BrN2O3S/c1-12(13-5-3-2-4-6-13)19-16(20)11-18-23(21,22)15-9-7-14(17)8-10-15/h2-10,12,18H,11H2,1H3,(H,19,20)/t12-/m1/s1. The van der Waals surface area contributed by atoms with Crippen LogP contribution in [-0.4, -0.2) is 20.9 Å². The highest BCUT2D eigenvalue weighted by Gasteiger charge is 2.16. The molecule has 2 N–H and O–H groups in total. The number of rotatable bonds is 6. The van der Waals surface area contributed by atoms with Crippen molar-refractivity contribution < 1.29 is 13.2 Å². The van der Waals surface area contributed by atoms with Crippen LogP contribution in [0.5, 0.6) is 0 Å². The van der Waals surface area contributed by atoms with Crippen molar-refractivity contribution in [3.05, 3.63) is 64.6 Å². The van der Waals surface area contributed by atoms with E-state index in [0.29, 0.717) is 0 Å². The summed E-state index contributed by atoms with van der Waals surface area (Å²) in [6, 6.07) is 15.5. The van der Waals surface area contributed by atoms with Gasteiger partial charge in [-0.3, -0.25) is 4.79 Å². The fourth-order valence-electron chi connectivity index (χ4n) is 1.98. The molecule has 2 aromatic carbocycles. The molecule has 0 aliphatic rings. The van der Waals surface area contributed by atoms with Gasteiger partial charge in [0.2, 0.25) is 15.9 Å². The molecule has 0 saturated carbocycles. The Balaban J connectivity index is 1.92. The lowest BCUT2D eigenvalue weighted by Crippen LogP contribution is -2.38. The second-order valence-corrected chi connectivity index (χ2v) is 7.66. The monoisotopic (exact) mass is 396 g/mol. The highest BCUT2D eigenvalue weighted by molar-refractivity contribution is 9.10. The Morgan fingerprint density at radius 1 is 1.09 bits per heavy atom. The van der Waals surface area contributed by atoms with Gasteiger partial charge in [0.05, 0.1) is 17.5 Å². The molecule has 1 amide bonds. The van der Waals surface area contributed by atoms with Crippen LogP contribution >= 0.6 is 15.9 Å². The molecule has 0 fully saturated rings. The normalized spacial score (nSPS) is 12.6. The maximum Gasteiger partial charge on any atom is 0.241 e. The van der Waals surface area contributed by atoms with Gasteiger partial charge >= 0.3 is 0 Å². The number of hydrogen-bond donors (Lipinski definition) is 2. The first kappa shape index (κ1) is 17.7. The summed E-state index contributed by atoms with van der Waals surface area (Å²) in [6.07, 6.45) is 0. The highest BCUT2D eigenvalue weighted by atomic mass is 79.9. The first-order valence-corrected chi connectivity index (χ1v) is 9.25. The van der Waals surface area contributed by atoms with E-state index in [1.165, 1.54) is 12.1 Å². The fourth-order valence-corrected chi connectivity index (χ4v) is 3.22. The summed E-state index contributed by atoms with van der Waals surface area (Å²) >= 11 is 3.24. The van der Waals surface area contributed by atoms with E-state index >= 15 is 0 Å². The third kappa shape index (κ3) is 5.16. The van der Waals surface area contributed by atoms with Crippen LogP contribution in [0.1, 0.15) is 18.5 Å². The van der Waals surface area contributed by atoms with Gasteiger partial charge in [0.1, 0.15) is 0 Å². The van der Waals surface area contributed by atoms with Gasteiger partial charge in [0.25, 0.3) is 0 Å². The Bertz CT molecular complexity index is 762. The van der Waals surface area contributed by atoms with Gasteiger partial charge in [-0.25, -0.2) is 13.1 Å². The summed E-state index contributed by atoms with van der Waals surface area (Å²) in [7, 11) is -3.70. The van der Waals surface area contributed by atoms with Gasteiger partial charge in [-0.05, 0) is 36.8 Å². The zero-order chi connectivity index (χ0) is 16.9. The molecule has 2 rings (SSSR count). The molecule has 0 saturated heterocycles. The van der Waals surface area contributed by atoms with E-state index in [1.54, 1.807) is 12.1 Å². The average Bonchev–Trinajstić information content (AvgIpc) is 2.54. The summed E-state index contributed by atoms with van der Waals surface area (Å²) in [4.78, 5) is 12.0. The van der Waals surface area contributed by atoms with Crippen molar-refractivity contribution in [1.82, 2.24) is 10.0 Å². The van der Waals surface area contributed by atoms with Crippen molar-refractivity contribution >= 4 is 31.9 Å². The number of sulfonamides is 1. The minimum absolute atomic E-state index is 0.115. The lowest BCUT2D eigenvalue weighted by Gasteiger charge is -2.14. The summed E-state index contributed by atoms with van der Waals surface area (Å²) in [5.74, 6) is -0.387. The lowest BCUT2D eigenvalue weighted by atomic mass is 10.1. The lowest BCUT2D eigenvalue weighted by molar-refractivity contribution is -0.120. The number of carbonyl (C=O) groups excluding carboxylic acids is 1. The quantitative estimate of drug-likeness (QED) is 0.787. The molecule has 0 aromatic heterocycles. The van der Waals surface area contributed by atoms with Crippen molar-refractivity contribution in [3.8, 4) is 0 Å². The SMILES string of the molecule is C[C@@H](NC(=O)CNS(=O)(=O)c1ccc(Br)cc1)c1ccccc1. The van der Waals surface area contributed by atoms with E-state index in [2.05, 4.69) is 26.0 Å². The van der Waals surface area contributed by atoms with E-state index in [-0.39, 0.29) is 23.4 Å². The topological polar surface area (TPSA) is 75.3 Å². The third-order valence-corrected chi connectivity index (χ3v) is 5.17. The molecule has 2 aromatic rings. The Morgan fingerprint density at radius 3 is 2.30 bits per heavy atom. The maximum atomic E-state index is 12.1. The highest BCUT2D eigenvalue weighted by Crippen LogP contribution is 2.14. The number of halogens is 1. The largest absolute Gasteiger partial charge is 0.348 e. The number of benzene rings is 2. The summed E-state index contributed by atoms with van der Waals surface area (Å²) in [5, 5.41) is 2.76. The second kappa shape index (κ2) is 7.72. The van der Waals surface area contributed by atoms with Crippen molar-refractivity contribution in [1.29, 1.82) is 0 Å². The predicted molar refractivity (Wildman–Crippen MR) is 92.3 cm³/mol. The summed E-state index contributed by atoms with van der Waals surface area (Å²) in [5.41, 5.74) is 0.955. The number of carbonyl (C=O) groups is 1. The number of hydrogen-bond acceptors (Lipinski definition) is 3. The molecule has 0 spiro atoms. The molecule has 7 heteroatoms. The minimum atomic E-state index is -3.70. The zero-order valence-corrected chi connectivity index (χ0v) is 14.9. The Hall–Kier alpha value is -1.70. The first-order chi connectivity index (χ1) is 10.9. The van der Waals surface area contributed by atoms with Crippen molar-refractivity contribution in [3.63, 3.8) is 0 Å². The predicted octanol–water partition coefficient (Wildman–Crippen LogP) is 2.60. The molecule has 0 unspecified atom stereocenters. The average molecular weight is 397 g/mol. The number of nitrogens with one attached hydrogen (secondary N) is 2. The van der Waals surface area contributed by atoms with Crippen LogP contribution < -0.4 is 10.0 Å². The first-order valence-electron chi connectivity index (χ1n) is 6.98. The molecule has 0 radical (unpaired) electrons. The molecule has 23 heavy (non-hydrogen) atoms. The molecule has 0 aliphatic heterocycles. The molecule has 0 aliphatic carbocycles. The van der Waals surface area contributed by atoms with Crippen LogP contribution in [0.2, 0.25) is 0 Å². The Labute approximate surface area is 144 Å². The van der Waals surface area contributed by atoms with Gasteiger partial charge in [-0.2, -0.15) is 0 Å². The van der Waals surface area contributed by atoms with Crippen molar-refractivity contribution in [2.24, 2.45) is 0 Å². The smallest absolute Gasteiger partial charge is 0.241 e.